The Balaban J connectivity index is 1.51. The lowest BCUT2D eigenvalue weighted by atomic mass is 10.0. The number of halogens is 1. The third-order valence-electron chi connectivity index (χ3n) is 5.23. The minimum absolute atomic E-state index is 0.202. The summed E-state index contributed by atoms with van der Waals surface area (Å²) < 4.78 is 47.3. The average molecular weight is 456 g/mol. The first kappa shape index (κ1) is 19.9. The predicted molar refractivity (Wildman–Crippen MR) is 117 cm³/mol. The van der Waals surface area contributed by atoms with E-state index in [0.717, 1.165) is 24.1 Å². The highest BCUT2D eigenvalue weighted by atomic mass is 32.2. The van der Waals surface area contributed by atoms with Crippen molar-refractivity contribution in [3.05, 3.63) is 70.9 Å². The first-order chi connectivity index (χ1) is 14.9. The normalized spacial score (nSPS) is 13.9. The summed E-state index contributed by atoms with van der Waals surface area (Å²) in [6.07, 6.45) is 1.63. The third kappa shape index (κ3) is 3.53. The Morgan fingerprint density at radius 3 is 2.81 bits per heavy atom. The van der Waals surface area contributed by atoms with E-state index in [1.54, 1.807) is 25.1 Å². The van der Waals surface area contributed by atoms with E-state index in [2.05, 4.69) is 10.1 Å². The molecule has 0 unspecified atom stereocenters. The van der Waals surface area contributed by atoms with E-state index in [1.807, 2.05) is 24.3 Å². The number of para-hydroxylation sites is 1. The highest BCUT2D eigenvalue weighted by Crippen LogP contribution is 2.38. The van der Waals surface area contributed by atoms with Gasteiger partial charge in [-0.1, -0.05) is 35.5 Å². The highest BCUT2D eigenvalue weighted by Gasteiger charge is 2.32. The Morgan fingerprint density at radius 2 is 1.97 bits per heavy atom. The van der Waals surface area contributed by atoms with Gasteiger partial charge in [0, 0.05) is 17.0 Å². The van der Waals surface area contributed by atoms with Gasteiger partial charge in [-0.2, -0.15) is 4.98 Å². The number of aryl methyl sites for hydroxylation is 2. The number of hydrogen-bond acceptors (Lipinski definition) is 6. The molecule has 0 spiro atoms. The fourth-order valence-corrected chi connectivity index (χ4v) is 6.79. The minimum Gasteiger partial charge on any atom is -0.333 e. The molecule has 158 valence electrons. The molecule has 0 saturated carbocycles. The smallest absolute Gasteiger partial charge is 0.268 e. The molecule has 0 atom stereocenters. The van der Waals surface area contributed by atoms with Gasteiger partial charge in [0.2, 0.25) is 5.82 Å². The number of benzene rings is 2. The standard InChI is InChI=1S/C22H18FN3O3S2/c1-14-20(31(27,28)26-11-5-8-15-6-2-3-10-18(15)26)13-19(30-14)22-24-21(25-29-22)16-7-4-9-17(23)12-16/h2-4,6-7,9-10,12-13H,5,8,11H2,1H3. The summed E-state index contributed by atoms with van der Waals surface area (Å²) in [5.41, 5.74) is 2.25. The van der Waals surface area contributed by atoms with Crippen LogP contribution in [0.15, 0.2) is 64.0 Å². The van der Waals surface area contributed by atoms with E-state index in [-0.39, 0.29) is 16.6 Å². The third-order valence-corrected chi connectivity index (χ3v) is 8.33. The fourth-order valence-electron chi connectivity index (χ4n) is 3.76. The molecule has 1 aliphatic rings. The van der Waals surface area contributed by atoms with Gasteiger partial charge in [0.1, 0.15) is 10.7 Å². The van der Waals surface area contributed by atoms with Gasteiger partial charge in [-0.3, -0.25) is 4.31 Å². The maximum atomic E-state index is 13.5. The molecule has 6 nitrogen and oxygen atoms in total. The zero-order valence-electron chi connectivity index (χ0n) is 16.6. The Labute approximate surface area is 183 Å². The second-order valence-corrected chi connectivity index (χ2v) is 10.4. The van der Waals surface area contributed by atoms with Gasteiger partial charge < -0.3 is 4.52 Å². The molecule has 31 heavy (non-hydrogen) atoms. The lowest BCUT2D eigenvalue weighted by Gasteiger charge is -2.30. The fraction of sp³-hybridized carbons (Fsp3) is 0.182. The van der Waals surface area contributed by atoms with Crippen LogP contribution in [0.25, 0.3) is 22.2 Å². The Morgan fingerprint density at radius 1 is 1.13 bits per heavy atom. The van der Waals surface area contributed by atoms with E-state index in [1.165, 1.54) is 27.8 Å². The van der Waals surface area contributed by atoms with E-state index >= 15 is 0 Å². The lowest BCUT2D eigenvalue weighted by Crippen LogP contribution is -2.35. The molecule has 3 heterocycles. The average Bonchev–Trinajstić information content (AvgIpc) is 3.40. The molecular formula is C22H18FN3O3S2. The molecule has 2 aromatic carbocycles. The SMILES string of the molecule is Cc1sc(-c2nc(-c3cccc(F)c3)no2)cc1S(=O)(=O)N1CCCc2ccccc21. The topological polar surface area (TPSA) is 76.3 Å². The molecule has 9 heteroatoms. The number of rotatable bonds is 4. The second kappa shape index (κ2) is 7.58. The van der Waals surface area contributed by atoms with Crippen molar-refractivity contribution >= 4 is 27.0 Å². The Bertz CT molecular complexity index is 1380. The van der Waals surface area contributed by atoms with Gasteiger partial charge in [0.05, 0.1) is 10.6 Å². The van der Waals surface area contributed by atoms with Crippen molar-refractivity contribution < 1.29 is 17.3 Å². The number of sulfonamides is 1. The van der Waals surface area contributed by atoms with E-state index in [9.17, 15) is 12.8 Å². The van der Waals surface area contributed by atoms with Crippen LogP contribution in [-0.4, -0.2) is 25.1 Å². The van der Waals surface area contributed by atoms with Crippen LogP contribution >= 0.6 is 11.3 Å². The summed E-state index contributed by atoms with van der Waals surface area (Å²) in [6.45, 7) is 2.20. The van der Waals surface area contributed by atoms with Gasteiger partial charge in [0.25, 0.3) is 15.9 Å². The van der Waals surface area contributed by atoms with Gasteiger partial charge in [-0.15, -0.1) is 11.3 Å². The van der Waals surface area contributed by atoms with Gasteiger partial charge in [-0.25, -0.2) is 12.8 Å². The van der Waals surface area contributed by atoms with Crippen LogP contribution < -0.4 is 4.31 Å². The Hall–Kier alpha value is -3.04. The van der Waals surface area contributed by atoms with Gasteiger partial charge >= 0.3 is 0 Å². The van der Waals surface area contributed by atoms with Crippen LogP contribution in [-0.2, 0) is 16.4 Å². The maximum absolute atomic E-state index is 13.5. The second-order valence-electron chi connectivity index (χ2n) is 7.27. The highest BCUT2D eigenvalue weighted by molar-refractivity contribution is 7.93. The van der Waals surface area contributed by atoms with Crippen LogP contribution in [0.5, 0.6) is 0 Å². The summed E-state index contributed by atoms with van der Waals surface area (Å²) in [5, 5.41) is 3.92. The summed E-state index contributed by atoms with van der Waals surface area (Å²) in [5.74, 6) is 0.0498. The van der Waals surface area contributed by atoms with Crippen LogP contribution in [0.3, 0.4) is 0 Å². The number of nitrogens with zero attached hydrogens (tertiary/aromatic N) is 3. The first-order valence-corrected chi connectivity index (χ1v) is 12.0. The Kier molecular flexibility index (Phi) is 4.86. The molecule has 0 fully saturated rings. The van der Waals surface area contributed by atoms with Crippen LogP contribution in [0, 0.1) is 12.7 Å². The van der Waals surface area contributed by atoms with E-state index in [4.69, 9.17) is 4.52 Å². The van der Waals surface area contributed by atoms with Crippen molar-refractivity contribution in [3.8, 4) is 22.2 Å². The molecule has 0 amide bonds. The summed E-state index contributed by atoms with van der Waals surface area (Å²) in [6, 6.07) is 15.1. The van der Waals surface area contributed by atoms with E-state index in [0.29, 0.717) is 21.9 Å². The molecule has 4 aromatic rings. The van der Waals surface area contributed by atoms with Crippen molar-refractivity contribution in [2.45, 2.75) is 24.7 Å². The molecule has 0 bridgehead atoms. The zero-order chi connectivity index (χ0) is 21.6. The molecule has 1 aliphatic heterocycles. The van der Waals surface area contributed by atoms with Crippen LogP contribution in [0.2, 0.25) is 0 Å². The quantitative estimate of drug-likeness (QED) is 0.430. The van der Waals surface area contributed by atoms with Crippen molar-refractivity contribution in [2.75, 3.05) is 10.8 Å². The summed E-state index contributed by atoms with van der Waals surface area (Å²) in [4.78, 5) is 5.76. The van der Waals surface area contributed by atoms with Gasteiger partial charge in [0.15, 0.2) is 0 Å². The van der Waals surface area contributed by atoms with Gasteiger partial charge in [-0.05, 0) is 49.6 Å². The lowest BCUT2D eigenvalue weighted by molar-refractivity contribution is 0.433. The monoisotopic (exact) mass is 455 g/mol. The van der Waals surface area contributed by atoms with E-state index < -0.39 is 15.8 Å². The number of fused-ring (bicyclic) bond motifs is 1. The molecule has 5 rings (SSSR count). The van der Waals surface area contributed by atoms with Crippen molar-refractivity contribution in [1.82, 2.24) is 10.1 Å². The molecule has 0 aliphatic carbocycles. The molecule has 0 N–H and O–H groups in total. The largest absolute Gasteiger partial charge is 0.333 e. The summed E-state index contributed by atoms with van der Waals surface area (Å²) >= 11 is 1.28. The molecular weight excluding hydrogens is 437 g/mol. The predicted octanol–water partition coefficient (Wildman–Crippen LogP) is 5.05. The zero-order valence-corrected chi connectivity index (χ0v) is 18.2. The number of thiophene rings is 1. The van der Waals surface area contributed by atoms with Crippen molar-refractivity contribution in [2.24, 2.45) is 0 Å². The molecule has 2 aromatic heterocycles. The van der Waals surface area contributed by atoms with Crippen LogP contribution in [0.1, 0.15) is 16.9 Å². The number of anilines is 1. The molecule has 0 radical (unpaired) electrons. The number of aromatic nitrogens is 2. The minimum atomic E-state index is -3.74. The summed E-state index contributed by atoms with van der Waals surface area (Å²) in [7, 11) is -3.74. The van der Waals surface area contributed by atoms with Crippen LogP contribution in [0.4, 0.5) is 10.1 Å². The van der Waals surface area contributed by atoms with Crippen molar-refractivity contribution in [3.63, 3.8) is 0 Å². The first-order valence-electron chi connectivity index (χ1n) is 9.74. The molecule has 0 saturated heterocycles. The van der Waals surface area contributed by atoms with Crippen molar-refractivity contribution in [1.29, 1.82) is 0 Å². The maximum Gasteiger partial charge on any atom is 0.268 e. The number of hydrogen-bond donors (Lipinski definition) is 0.